The topological polar surface area (TPSA) is 39.1 Å². The highest BCUT2D eigenvalue weighted by Gasteiger charge is 2.35. The lowest BCUT2D eigenvalue weighted by atomic mass is 10.00. The average molecular weight is 300 g/mol. The molecule has 2 aliphatic heterocycles. The maximum atomic E-state index is 12.8. The summed E-state index contributed by atoms with van der Waals surface area (Å²) >= 11 is 0. The smallest absolute Gasteiger partial charge is 0.280 e. The van der Waals surface area contributed by atoms with Gasteiger partial charge in [0.2, 0.25) is 0 Å². The van der Waals surface area contributed by atoms with Crippen molar-refractivity contribution >= 4 is 17.3 Å². The first kappa shape index (κ1) is 15.0. The van der Waals surface area contributed by atoms with Crippen LogP contribution in [0.15, 0.2) is 29.4 Å². The van der Waals surface area contributed by atoms with E-state index >= 15 is 0 Å². The number of benzene rings is 1. The Labute approximate surface area is 132 Å². The van der Waals surface area contributed by atoms with Crippen LogP contribution in [-0.2, 0) is 4.79 Å². The summed E-state index contributed by atoms with van der Waals surface area (Å²) in [5.41, 5.74) is 2.46. The van der Waals surface area contributed by atoms with Gasteiger partial charge in [-0.3, -0.25) is 14.6 Å². The number of carbonyl (C=O) groups is 1. The predicted molar refractivity (Wildman–Crippen MR) is 89.0 cm³/mol. The van der Waals surface area contributed by atoms with Crippen molar-refractivity contribution in [1.82, 2.24) is 9.91 Å². The molecule has 5 heteroatoms. The van der Waals surface area contributed by atoms with Crippen molar-refractivity contribution in [1.29, 1.82) is 0 Å². The highest BCUT2D eigenvalue weighted by atomic mass is 16.2. The number of nitrogens with zero attached hydrogens (tertiary/aromatic N) is 4. The summed E-state index contributed by atoms with van der Waals surface area (Å²) in [7, 11) is 3.69. The number of likely N-dealkylation sites (tertiary alicyclic amines) is 1. The van der Waals surface area contributed by atoms with E-state index in [0.717, 1.165) is 30.3 Å². The molecule has 1 fully saturated rings. The van der Waals surface area contributed by atoms with Crippen LogP contribution >= 0.6 is 0 Å². The van der Waals surface area contributed by atoms with Crippen molar-refractivity contribution in [3.8, 4) is 0 Å². The van der Waals surface area contributed by atoms with Crippen LogP contribution in [0.3, 0.4) is 0 Å². The molecule has 0 bridgehead atoms. The molecule has 118 valence electrons. The molecule has 0 spiro atoms. The predicted octanol–water partition coefficient (Wildman–Crippen LogP) is 1.99. The van der Waals surface area contributed by atoms with Crippen LogP contribution in [0, 0.1) is 5.92 Å². The lowest BCUT2D eigenvalue weighted by Gasteiger charge is -2.33. The minimum absolute atomic E-state index is 0.00789. The first-order chi connectivity index (χ1) is 10.6. The number of rotatable bonds is 3. The molecule has 5 nitrogen and oxygen atoms in total. The zero-order valence-corrected chi connectivity index (χ0v) is 13.6. The van der Waals surface area contributed by atoms with Gasteiger partial charge in [-0.15, -0.1) is 0 Å². The van der Waals surface area contributed by atoms with E-state index in [4.69, 9.17) is 0 Å². The second-order valence-electron chi connectivity index (χ2n) is 6.49. The molecule has 22 heavy (non-hydrogen) atoms. The maximum Gasteiger partial charge on any atom is 0.280 e. The fourth-order valence-electron chi connectivity index (χ4n) is 3.10. The van der Waals surface area contributed by atoms with Crippen molar-refractivity contribution in [2.24, 2.45) is 11.0 Å². The first-order valence-electron chi connectivity index (χ1n) is 7.96. The van der Waals surface area contributed by atoms with E-state index < -0.39 is 0 Å². The molecule has 0 unspecified atom stereocenters. The Hall–Kier alpha value is -1.88. The van der Waals surface area contributed by atoms with Gasteiger partial charge in [-0.05, 0) is 24.8 Å². The highest BCUT2D eigenvalue weighted by molar-refractivity contribution is 6.54. The molecule has 1 aromatic carbocycles. The zero-order valence-electron chi connectivity index (χ0n) is 13.6. The summed E-state index contributed by atoms with van der Waals surface area (Å²) in [6, 6.07) is 7.94. The third kappa shape index (κ3) is 2.86. The quantitative estimate of drug-likeness (QED) is 0.801. The number of fused-ring (bicyclic) bond motifs is 1. The third-order valence-corrected chi connectivity index (χ3v) is 4.42. The maximum absolute atomic E-state index is 12.8. The first-order valence-corrected chi connectivity index (χ1v) is 7.96. The number of carbonyl (C=O) groups excluding carboxylic acids is 1. The molecule has 0 aliphatic carbocycles. The fraction of sp³-hybridized carbons (Fsp3) is 0.529. The Morgan fingerprint density at radius 3 is 2.59 bits per heavy atom. The number of hydrogen-bond acceptors (Lipinski definition) is 4. The molecule has 1 aromatic rings. The molecule has 1 saturated heterocycles. The lowest BCUT2D eigenvalue weighted by Crippen LogP contribution is -2.44. The molecule has 0 radical (unpaired) electrons. The zero-order chi connectivity index (χ0) is 15.7. The second-order valence-corrected chi connectivity index (χ2v) is 6.49. The number of amides is 1. The fourth-order valence-corrected chi connectivity index (χ4v) is 3.10. The molecular weight excluding hydrogens is 276 g/mol. The van der Waals surface area contributed by atoms with E-state index in [2.05, 4.69) is 16.9 Å². The van der Waals surface area contributed by atoms with Gasteiger partial charge in [0, 0.05) is 32.7 Å². The molecular formula is C17H24N4O. The molecule has 1 amide bonds. The molecule has 0 saturated carbocycles. The number of piperidine rings is 1. The normalized spacial score (nSPS) is 21.5. The Morgan fingerprint density at radius 2 is 1.91 bits per heavy atom. The summed E-state index contributed by atoms with van der Waals surface area (Å²) < 4.78 is 0. The van der Waals surface area contributed by atoms with E-state index in [1.54, 1.807) is 5.01 Å². The number of anilines is 1. The summed E-state index contributed by atoms with van der Waals surface area (Å²) in [6.07, 6.45) is 2.42. The Balaban J connectivity index is 1.84. The summed E-state index contributed by atoms with van der Waals surface area (Å²) in [6.45, 7) is 5.09. The van der Waals surface area contributed by atoms with E-state index in [1.165, 1.54) is 12.8 Å². The Kier molecular flexibility index (Phi) is 4.16. The van der Waals surface area contributed by atoms with Crippen LogP contribution in [0.25, 0.3) is 0 Å². The number of hydrogen-bond donors (Lipinski definition) is 0. The van der Waals surface area contributed by atoms with E-state index in [-0.39, 0.29) is 5.91 Å². The van der Waals surface area contributed by atoms with Crippen molar-refractivity contribution in [3.05, 3.63) is 29.8 Å². The van der Waals surface area contributed by atoms with Gasteiger partial charge in [-0.1, -0.05) is 25.1 Å². The van der Waals surface area contributed by atoms with Crippen molar-refractivity contribution < 1.29 is 4.79 Å². The van der Waals surface area contributed by atoms with Crippen LogP contribution in [0.5, 0.6) is 0 Å². The molecule has 2 heterocycles. The third-order valence-electron chi connectivity index (χ3n) is 4.42. The van der Waals surface area contributed by atoms with E-state index in [0.29, 0.717) is 12.4 Å². The minimum Gasteiger partial charge on any atom is -0.302 e. The molecule has 0 aromatic heterocycles. The van der Waals surface area contributed by atoms with Crippen LogP contribution in [0.4, 0.5) is 5.69 Å². The van der Waals surface area contributed by atoms with Gasteiger partial charge in [0.25, 0.3) is 5.91 Å². The summed E-state index contributed by atoms with van der Waals surface area (Å²) in [4.78, 5) is 17.0. The van der Waals surface area contributed by atoms with Gasteiger partial charge in [0.15, 0.2) is 5.71 Å². The standard InChI is InChI=1S/C17H24N4O/c1-13-8-10-20(11-9-13)12-21-15-7-5-4-6-14(15)16(17(21)22)18-19(2)3/h4-7,13H,8-12H2,1-3H3/b18-16+. The average Bonchev–Trinajstić information content (AvgIpc) is 2.75. The highest BCUT2D eigenvalue weighted by Crippen LogP contribution is 2.30. The Bertz CT molecular complexity index is 588. The largest absolute Gasteiger partial charge is 0.302 e. The van der Waals surface area contributed by atoms with Crippen LogP contribution in [-0.4, -0.2) is 55.4 Å². The van der Waals surface area contributed by atoms with Crippen LogP contribution in [0.1, 0.15) is 25.3 Å². The monoisotopic (exact) mass is 300 g/mol. The van der Waals surface area contributed by atoms with Crippen LogP contribution in [0.2, 0.25) is 0 Å². The second kappa shape index (κ2) is 6.08. The van der Waals surface area contributed by atoms with Gasteiger partial charge >= 0.3 is 0 Å². The molecule has 0 atom stereocenters. The molecule has 2 aliphatic rings. The van der Waals surface area contributed by atoms with Gasteiger partial charge in [0.05, 0.1) is 12.4 Å². The van der Waals surface area contributed by atoms with Gasteiger partial charge in [-0.25, -0.2) is 0 Å². The van der Waals surface area contributed by atoms with Crippen LogP contribution < -0.4 is 4.90 Å². The molecule has 0 N–H and O–H groups in total. The summed E-state index contributed by atoms with van der Waals surface area (Å²) in [5, 5.41) is 6.08. The SMILES string of the molecule is CC1CCN(CN2C(=O)/C(=N/N(C)C)c3ccccc32)CC1. The number of para-hydroxylation sites is 1. The van der Waals surface area contributed by atoms with Crippen molar-refractivity contribution in [2.45, 2.75) is 19.8 Å². The summed E-state index contributed by atoms with van der Waals surface area (Å²) in [5.74, 6) is 0.803. The minimum atomic E-state index is 0.00789. The van der Waals surface area contributed by atoms with Gasteiger partial charge in [0.1, 0.15) is 0 Å². The van der Waals surface area contributed by atoms with Gasteiger partial charge < -0.3 is 5.01 Å². The number of hydrazone groups is 1. The lowest BCUT2D eigenvalue weighted by molar-refractivity contribution is -0.112. The molecule has 3 rings (SSSR count). The van der Waals surface area contributed by atoms with Gasteiger partial charge in [-0.2, -0.15) is 5.10 Å². The van der Waals surface area contributed by atoms with E-state index in [9.17, 15) is 4.79 Å². The van der Waals surface area contributed by atoms with Crippen molar-refractivity contribution in [2.75, 3.05) is 38.8 Å². The Morgan fingerprint density at radius 1 is 1.23 bits per heavy atom. The van der Waals surface area contributed by atoms with Crippen molar-refractivity contribution in [3.63, 3.8) is 0 Å². The van der Waals surface area contributed by atoms with E-state index in [1.807, 2.05) is 43.3 Å².